The summed E-state index contributed by atoms with van der Waals surface area (Å²) < 4.78 is 13.7. The molecule has 4 heteroatoms. The Morgan fingerprint density at radius 3 is 2.77 bits per heavy atom. The van der Waals surface area contributed by atoms with Crippen LogP contribution < -0.4 is 0 Å². The first-order chi connectivity index (χ1) is 12.9. The second kappa shape index (κ2) is 6.71. The van der Waals surface area contributed by atoms with E-state index >= 15 is 0 Å². The van der Waals surface area contributed by atoms with Crippen molar-refractivity contribution in [3.8, 4) is 0 Å². The number of hydrogen-bond donors (Lipinski definition) is 0. The average Bonchev–Trinajstić information content (AvgIpc) is 3.09. The van der Waals surface area contributed by atoms with Gasteiger partial charge in [-0.15, -0.1) is 0 Å². The van der Waals surface area contributed by atoms with E-state index in [0.29, 0.717) is 6.61 Å². The van der Waals surface area contributed by atoms with Crippen molar-refractivity contribution < 1.29 is 9.47 Å². The maximum absolute atomic E-state index is 5.96. The fraction of sp³-hybridized carbons (Fsp3) is 0.318. The van der Waals surface area contributed by atoms with Gasteiger partial charge in [0, 0.05) is 29.5 Å². The molecule has 2 aromatic carbocycles. The summed E-state index contributed by atoms with van der Waals surface area (Å²) in [5.41, 5.74) is 3.38. The fourth-order valence-corrected chi connectivity index (χ4v) is 3.89. The van der Waals surface area contributed by atoms with E-state index in [0.717, 1.165) is 31.4 Å². The van der Waals surface area contributed by atoms with Gasteiger partial charge in [0.05, 0.1) is 17.6 Å². The summed E-state index contributed by atoms with van der Waals surface area (Å²) in [5, 5.41) is 8.54. The molecule has 0 radical (unpaired) electrons. The predicted molar refractivity (Wildman–Crippen MR) is 103 cm³/mol. The van der Waals surface area contributed by atoms with Crippen LogP contribution in [-0.4, -0.2) is 29.1 Å². The van der Waals surface area contributed by atoms with Crippen LogP contribution in [0.15, 0.2) is 54.6 Å². The molecule has 4 aromatic rings. The Morgan fingerprint density at radius 1 is 1.04 bits per heavy atom. The van der Waals surface area contributed by atoms with Crippen LogP contribution >= 0.6 is 0 Å². The van der Waals surface area contributed by atoms with Crippen LogP contribution in [0.2, 0.25) is 0 Å². The minimum Gasteiger partial charge on any atom is -0.353 e. The van der Waals surface area contributed by atoms with Crippen LogP contribution in [0.25, 0.3) is 27.2 Å². The number of aromatic nitrogens is 2. The third-order valence-electron chi connectivity index (χ3n) is 5.19. The lowest BCUT2D eigenvalue weighted by atomic mass is 10.1. The van der Waals surface area contributed by atoms with Gasteiger partial charge in [0.2, 0.25) is 0 Å². The van der Waals surface area contributed by atoms with Crippen LogP contribution in [0, 0.1) is 0 Å². The second-order valence-electron chi connectivity index (χ2n) is 6.92. The largest absolute Gasteiger partial charge is 0.353 e. The highest BCUT2D eigenvalue weighted by atomic mass is 16.7. The third kappa shape index (κ3) is 2.75. The number of nitrogens with zero attached hydrogens (tertiary/aromatic N) is 2. The molecule has 1 unspecified atom stereocenters. The molecule has 4 nitrogen and oxygen atoms in total. The highest BCUT2D eigenvalue weighted by Crippen LogP contribution is 2.29. The molecule has 0 saturated carbocycles. The van der Waals surface area contributed by atoms with Crippen LogP contribution in [0.3, 0.4) is 0 Å². The molecule has 0 aliphatic carbocycles. The molecule has 1 aliphatic heterocycles. The summed E-state index contributed by atoms with van der Waals surface area (Å²) >= 11 is 0. The maximum Gasteiger partial charge on any atom is 0.157 e. The Bertz CT molecular complexity index is 1060. The average molecular weight is 346 g/mol. The predicted octanol–water partition coefficient (Wildman–Crippen LogP) is 4.73. The quantitative estimate of drug-likeness (QED) is 0.536. The number of rotatable bonds is 4. The number of fused-ring (bicyclic) bond motifs is 5. The Balaban J connectivity index is 1.55. The van der Waals surface area contributed by atoms with E-state index in [1.807, 2.05) is 6.07 Å². The monoisotopic (exact) mass is 346 g/mol. The first kappa shape index (κ1) is 15.8. The Kier molecular flexibility index (Phi) is 4.07. The molecule has 3 heterocycles. The van der Waals surface area contributed by atoms with Gasteiger partial charge in [0.15, 0.2) is 6.29 Å². The summed E-state index contributed by atoms with van der Waals surface area (Å²) in [6, 6.07) is 19.1. The van der Waals surface area contributed by atoms with Gasteiger partial charge in [-0.3, -0.25) is 0 Å². The van der Waals surface area contributed by atoms with Crippen molar-refractivity contribution in [1.29, 1.82) is 0 Å². The van der Waals surface area contributed by atoms with Crippen LogP contribution in [0.4, 0.5) is 0 Å². The van der Waals surface area contributed by atoms with Gasteiger partial charge in [-0.2, -0.15) is 5.10 Å². The molecule has 1 aliphatic rings. The van der Waals surface area contributed by atoms with Crippen molar-refractivity contribution >= 4 is 27.2 Å². The minimum absolute atomic E-state index is 0.0450. The van der Waals surface area contributed by atoms with Gasteiger partial charge >= 0.3 is 0 Å². The first-order valence-electron chi connectivity index (χ1n) is 9.41. The molecule has 0 spiro atoms. The Morgan fingerprint density at radius 2 is 1.88 bits per heavy atom. The van der Waals surface area contributed by atoms with Crippen molar-refractivity contribution in [1.82, 2.24) is 9.61 Å². The molecular weight excluding hydrogens is 324 g/mol. The molecule has 0 bridgehead atoms. The summed E-state index contributed by atoms with van der Waals surface area (Å²) in [6.45, 7) is 1.46. The molecule has 132 valence electrons. The van der Waals surface area contributed by atoms with Gasteiger partial charge in [0.25, 0.3) is 0 Å². The van der Waals surface area contributed by atoms with E-state index < -0.39 is 0 Å². The second-order valence-corrected chi connectivity index (χ2v) is 6.92. The fourth-order valence-electron chi connectivity index (χ4n) is 3.89. The van der Waals surface area contributed by atoms with Crippen LogP contribution in [-0.2, 0) is 15.9 Å². The van der Waals surface area contributed by atoms with Gasteiger partial charge < -0.3 is 9.47 Å². The van der Waals surface area contributed by atoms with Crippen molar-refractivity contribution in [3.05, 3.63) is 60.3 Å². The molecule has 0 N–H and O–H groups in total. The van der Waals surface area contributed by atoms with Crippen LogP contribution in [0.5, 0.6) is 0 Å². The lowest BCUT2D eigenvalue weighted by Crippen LogP contribution is -2.23. The normalized spacial score (nSPS) is 18.1. The SMILES string of the molecule is c1ccc2c(c1)cc(CCOC1CCCCO1)n1nc3ccccc3c21. The van der Waals surface area contributed by atoms with Crippen molar-refractivity contribution in [2.45, 2.75) is 32.0 Å². The zero-order valence-corrected chi connectivity index (χ0v) is 14.7. The summed E-state index contributed by atoms with van der Waals surface area (Å²) in [6.07, 6.45) is 4.10. The van der Waals surface area contributed by atoms with E-state index in [1.165, 1.54) is 33.8 Å². The molecule has 0 amide bonds. The lowest BCUT2D eigenvalue weighted by molar-refractivity contribution is -0.161. The zero-order valence-electron chi connectivity index (χ0n) is 14.7. The standard InChI is InChI=1S/C22H22N2O2/c1-2-8-18-16(7-1)15-17(12-14-26-21-11-5-6-13-25-21)24-22(18)19-9-3-4-10-20(19)23-24/h1-4,7-10,15,21H,5-6,11-14H2. The third-order valence-corrected chi connectivity index (χ3v) is 5.19. The Labute approximate surface area is 152 Å². The first-order valence-corrected chi connectivity index (χ1v) is 9.41. The molecule has 2 aromatic heterocycles. The van der Waals surface area contributed by atoms with Crippen molar-refractivity contribution in [3.63, 3.8) is 0 Å². The number of pyridine rings is 1. The Hall–Kier alpha value is -2.43. The maximum atomic E-state index is 5.96. The van der Waals surface area contributed by atoms with E-state index in [4.69, 9.17) is 14.6 Å². The molecule has 1 atom stereocenters. The molecular formula is C22H22N2O2. The van der Waals surface area contributed by atoms with Gasteiger partial charge in [-0.25, -0.2) is 4.52 Å². The van der Waals surface area contributed by atoms with E-state index in [2.05, 4.69) is 53.0 Å². The summed E-state index contributed by atoms with van der Waals surface area (Å²) in [4.78, 5) is 0. The summed E-state index contributed by atoms with van der Waals surface area (Å²) in [5.74, 6) is 0. The minimum atomic E-state index is -0.0450. The number of ether oxygens (including phenoxy) is 2. The van der Waals surface area contributed by atoms with Gasteiger partial charge in [0.1, 0.15) is 0 Å². The molecule has 5 rings (SSSR count). The van der Waals surface area contributed by atoms with Crippen molar-refractivity contribution in [2.75, 3.05) is 13.2 Å². The number of hydrogen-bond acceptors (Lipinski definition) is 3. The van der Waals surface area contributed by atoms with E-state index in [9.17, 15) is 0 Å². The van der Waals surface area contributed by atoms with Crippen molar-refractivity contribution in [2.24, 2.45) is 0 Å². The molecule has 1 fully saturated rings. The number of benzene rings is 2. The van der Waals surface area contributed by atoms with Gasteiger partial charge in [-0.05, 0) is 36.8 Å². The highest BCUT2D eigenvalue weighted by Gasteiger charge is 2.15. The summed E-state index contributed by atoms with van der Waals surface area (Å²) in [7, 11) is 0. The highest BCUT2D eigenvalue weighted by molar-refractivity contribution is 6.09. The van der Waals surface area contributed by atoms with Gasteiger partial charge in [-0.1, -0.05) is 42.5 Å². The topological polar surface area (TPSA) is 35.8 Å². The van der Waals surface area contributed by atoms with Crippen LogP contribution in [0.1, 0.15) is 25.0 Å². The molecule has 26 heavy (non-hydrogen) atoms. The lowest BCUT2D eigenvalue weighted by Gasteiger charge is -2.22. The smallest absolute Gasteiger partial charge is 0.157 e. The molecule has 1 saturated heterocycles. The van der Waals surface area contributed by atoms with E-state index in [1.54, 1.807) is 0 Å². The zero-order chi connectivity index (χ0) is 17.3. The van der Waals surface area contributed by atoms with E-state index in [-0.39, 0.29) is 6.29 Å².